The molecule has 1 N–H and O–H groups in total. The monoisotopic (exact) mass is 396 g/mol. The van der Waals surface area contributed by atoms with Crippen molar-refractivity contribution in [1.29, 1.82) is 0 Å². The van der Waals surface area contributed by atoms with E-state index in [9.17, 15) is 9.59 Å². The van der Waals surface area contributed by atoms with Crippen molar-refractivity contribution < 1.29 is 9.53 Å². The molecule has 146 valence electrons. The van der Waals surface area contributed by atoms with Gasteiger partial charge in [-0.2, -0.15) is 0 Å². The number of benzene rings is 2. The van der Waals surface area contributed by atoms with Crippen LogP contribution < -0.4 is 14.9 Å². The molecule has 2 aromatic carbocycles. The SMILES string of the molecule is CC(C)n1c(=O)sc2cc(NC(=O)COc3cccc4c3CCCC4)ccc21. The van der Waals surface area contributed by atoms with Gasteiger partial charge in [0.15, 0.2) is 6.61 Å². The highest BCUT2D eigenvalue weighted by molar-refractivity contribution is 7.16. The summed E-state index contributed by atoms with van der Waals surface area (Å²) < 4.78 is 8.46. The normalized spacial score (nSPS) is 13.5. The van der Waals surface area contributed by atoms with E-state index >= 15 is 0 Å². The standard InChI is InChI=1S/C22H24N2O3S/c1-14(2)24-18-11-10-16(12-20(18)28-22(24)26)23-21(25)13-27-19-9-5-7-15-6-3-4-8-17(15)19/h5,7,9-12,14H,3-4,6,8,13H2,1-2H3,(H,23,25). The molecule has 1 aliphatic carbocycles. The van der Waals surface area contributed by atoms with Crippen LogP contribution in [0.4, 0.5) is 5.69 Å². The minimum Gasteiger partial charge on any atom is -0.483 e. The predicted octanol–water partition coefficient (Wildman–Crippen LogP) is 4.54. The molecule has 0 radical (unpaired) electrons. The highest BCUT2D eigenvalue weighted by Crippen LogP contribution is 2.29. The summed E-state index contributed by atoms with van der Waals surface area (Å²) in [5, 5.41) is 2.87. The fraction of sp³-hybridized carbons (Fsp3) is 0.364. The first-order chi connectivity index (χ1) is 13.5. The lowest BCUT2D eigenvalue weighted by molar-refractivity contribution is -0.118. The van der Waals surface area contributed by atoms with Crippen LogP contribution in [0.15, 0.2) is 41.2 Å². The summed E-state index contributed by atoms with van der Waals surface area (Å²) in [6.45, 7) is 3.95. The fourth-order valence-corrected chi connectivity index (χ4v) is 4.88. The van der Waals surface area contributed by atoms with Crippen molar-refractivity contribution in [1.82, 2.24) is 4.57 Å². The molecular weight excluding hydrogens is 372 g/mol. The number of carbonyl (C=O) groups is 1. The van der Waals surface area contributed by atoms with E-state index in [0.29, 0.717) is 5.69 Å². The molecule has 3 aromatic rings. The molecule has 1 aromatic heterocycles. The molecule has 5 nitrogen and oxygen atoms in total. The van der Waals surface area contributed by atoms with E-state index in [-0.39, 0.29) is 23.4 Å². The van der Waals surface area contributed by atoms with Crippen LogP contribution in [-0.2, 0) is 17.6 Å². The van der Waals surface area contributed by atoms with Crippen LogP contribution >= 0.6 is 11.3 Å². The Morgan fingerprint density at radius 2 is 2.04 bits per heavy atom. The molecule has 1 heterocycles. The van der Waals surface area contributed by atoms with Crippen LogP contribution in [0.25, 0.3) is 10.2 Å². The molecule has 0 aliphatic heterocycles. The zero-order chi connectivity index (χ0) is 19.7. The largest absolute Gasteiger partial charge is 0.483 e. The number of fused-ring (bicyclic) bond motifs is 2. The smallest absolute Gasteiger partial charge is 0.308 e. The summed E-state index contributed by atoms with van der Waals surface area (Å²) in [6, 6.07) is 11.7. The second-order valence-corrected chi connectivity index (χ2v) is 8.45. The molecule has 0 unspecified atom stereocenters. The van der Waals surface area contributed by atoms with E-state index < -0.39 is 0 Å². The van der Waals surface area contributed by atoms with Gasteiger partial charge < -0.3 is 10.1 Å². The van der Waals surface area contributed by atoms with Gasteiger partial charge in [-0.05, 0) is 74.9 Å². The molecule has 1 amide bonds. The van der Waals surface area contributed by atoms with Crippen molar-refractivity contribution in [3.05, 3.63) is 57.2 Å². The molecule has 0 bridgehead atoms. The maximum atomic E-state index is 12.4. The molecular formula is C22H24N2O3S. The Morgan fingerprint density at radius 1 is 1.21 bits per heavy atom. The first-order valence-electron chi connectivity index (χ1n) is 9.71. The molecule has 28 heavy (non-hydrogen) atoms. The summed E-state index contributed by atoms with van der Waals surface area (Å²) in [5.74, 6) is 0.610. The average molecular weight is 397 g/mol. The third kappa shape index (κ3) is 3.69. The summed E-state index contributed by atoms with van der Waals surface area (Å²) in [6.07, 6.45) is 4.47. The maximum absolute atomic E-state index is 12.4. The highest BCUT2D eigenvalue weighted by Gasteiger charge is 2.15. The van der Waals surface area contributed by atoms with Crippen molar-refractivity contribution in [2.45, 2.75) is 45.6 Å². The van der Waals surface area contributed by atoms with Gasteiger partial charge in [0.1, 0.15) is 5.75 Å². The third-order valence-electron chi connectivity index (χ3n) is 5.13. The van der Waals surface area contributed by atoms with Gasteiger partial charge in [0.2, 0.25) is 0 Å². The van der Waals surface area contributed by atoms with Crippen molar-refractivity contribution in [2.24, 2.45) is 0 Å². The molecule has 1 aliphatic rings. The Morgan fingerprint density at radius 3 is 2.86 bits per heavy atom. The Labute approximate surface area is 168 Å². The van der Waals surface area contributed by atoms with Crippen LogP contribution in [0.3, 0.4) is 0 Å². The second-order valence-electron chi connectivity index (χ2n) is 7.45. The van der Waals surface area contributed by atoms with Crippen LogP contribution in [0.5, 0.6) is 5.75 Å². The number of anilines is 1. The first-order valence-corrected chi connectivity index (χ1v) is 10.5. The summed E-state index contributed by atoms with van der Waals surface area (Å²) >= 11 is 1.20. The summed E-state index contributed by atoms with van der Waals surface area (Å²) in [7, 11) is 0. The predicted molar refractivity (Wildman–Crippen MR) is 114 cm³/mol. The molecule has 0 saturated heterocycles. The zero-order valence-electron chi connectivity index (χ0n) is 16.2. The van der Waals surface area contributed by atoms with Crippen molar-refractivity contribution in [3.8, 4) is 5.75 Å². The van der Waals surface area contributed by atoms with E-state index in [1.807, 2.05) is 44.2 Å². The average Bonchev–Trinajstić information content (AvgIpc) is 3.01. The quantitative estimate of drug-likeness (QED) is 0.689. The van der Waals surface area contributed by atoms with Crippen LogP contribution in [-0.4, -0.2) is 17.1 Å². The number of nitrogens with zero attached hydrogens (tertiary/aromatic N) is 1. The first kappa shape index (κ1) is 18.7. The lowest BCUT2D eigenvalue weighted by Gasteiger charge is -2.19. The van der Waals surface area contributed by atoms with Crippen LogP contribution in [0.2, 0.25) is 0 Å². The van der Waals surface area contributed by atoms with Gasteiger partial charge in [0, 0.05) is 11.7 Å². The van der Waals surface area contributed by atoms with Gasteiger partial charge in [0.25, 0.3) is 5.91 Å². The van der Waals surface area contributed by atoms with Crippen molar-refractivity contribution >= 4 is 33.1 Å². The Bertz CT molecular complexity index is 1080. The van der Waals surface area contributed by atoms with E-state index in [2.05, 4.69) is 11.4 Å². The minimum atomic E-state index is -0.205. The van der Waals surface area contributed by atoms with E-state index in [4.69, 9.17) is 4.74 Å². The minimum absolute atomic E-state index is 0.0191. The topological polar surface area (TPSA) is 60.3 Å². The number of carbonyl (C=O) groups excluding carboxylic acids is 1. The number of nitrogens with one attached hydrogen (secondary N) is 1. The molecule has 0 atom stereocenters. The van der Waals surface area contributed by atoms with Gasteiger partial charge in [0.05, 0.1) is 10.2 Å². The number of rotatable bonds is 5. The number of aromatic nitrogens is 1. The molecule has 0 saturated carbocycles. The summed E-state index contributed by atoms with van der Waals surface area (Å²) in [5.41, 5.74) is 4.14. The number of aryl methyl sites for hydroxylation is 1. The van der Waals surface area contributed by atoms with Crippen LogP contribution in [0.1, 0.15) is 43.9 Å². The molecule has 4 rings (SSSR count). The lowest BCUT2D eigenvalue weighted by Crippen LogP contribution is -2.21. The van der Waals surface area contributed by atoms with Gasteiger partial charge in [-0.1, -0.05) is 23.5 Å². The number of ether oxygens (including phenoxy) is 1. The third-order valence-corrected chi connectivity index (χ3v) is 6.04. The van der Waals surface area contributed by atoms with Gasteiger partial charge in [-0.3, -0.25) is 14.2 Å². The number of amides is 1. The zero-order valence-corrected chi connectivity index (χ0v) is 17.0. The van der Waals surface area contributed by atoms with Crippen molar-refractivity contribution in [2.75, 3.05) is 11.9 Å². The van der Waals surface area contributed by atoms with Gasteiger partial charge in [-0.25, -0.2) is 0 Å². The van der Waals surface area contributed by atoms with Gasteiger partial charge in [-0.15, -0.1) is 0 Å². The van der Waals surface area contributed by atoms with Crippen LogP contribution in [0, 0.1) is 0 Å². The number of hydrogen-bond donors (Lipinski definition) is 1. The highest BCUT2D eigenvalue weighted by atomic mass is 32.1. The van der Waals surface area contributed by atoms with Gasteiger partial charge >= 0.3 is 4.87 Å². The fourth-order valence-electron chi connectivity index (χ4n) is 3.83. The van der Waals surface area contributed by atoms with Crippen molar-refractivity contribution in [3.63, 3.8) is 0 Å². The Hall–Kier alpha value is -2.60. The Kier molecular flexibility index (Phi) is 5.22. The maximum Gasteiger partial charge on any atom is 0.308 e. The number of thiazole rings is 1. The van der Waals surface area contributed by atoms with E-state index in [1.165, 1.54) is 35.3 Å². The Balaban J connectivity index is 1.45. The second kappa shape index (κ2) is 7.80. The molecule has 0 fully saturated rings. The molecule has 6 heteroatoms. The summed E-state index contributed by atoms with van der Waals surface area (Å²) in [4.78, 5) is 24.6. The van der Waals surface area contributed by atoms with E-state index in [0.717, 1.165) is 28.8 Å². The lowest BCUT2D eigenvalue weighted by atomic mass is 9.91. The molecule has 0 spiro atoms. The number of hydrogen-bond acceptors (Lipinski definition) is 4. The van der Waals surface area contributed by atoms with E-state index in [1.54, 1.807) is 4.57 Å².